The first kappa shape index (κ1) is 60.0. The lowest BCUT2D eigenvalue weighted by Gasteiger charge is -2.43. The highest BCUT2D eigenvalue weighted by atomic mass is 32.2. The minimum Gasteiger partial charge on any atom is -0.347 e. The Morgan fingerprint density at radius 1 is 0.709 bits per heavy atom. The van der Waals surface area contributed by atoms with Crippen LogP contribution in [0.15, 0.2) is 97.1 Å². The van der Waals surface area contributed by atoms with Gasteiger partial charge < -0.3 is 46.6 Å². The molecule has 3 aliphatic rings. The molecule has 1 fully saturated rings. The Labute approximate surface area is 469 Å². The molecule has 0 radical (unpaired) electrons. The van der Waals surface area contributed by atoms with Crippen molar-refractivity contribution in [2.45, 2.75) is 160 Å². The Hall–Kier alpha value is -6.63. The van der Waals surface area contributed by atoms with Crippen molar-refractivity contribution < 1.29 is 38.0 Å². The average Bonchev–Trinajstić information content (AvgIpc) is 3.91. The maximum atomic E-state index is 15.8. The van der Waals surface area contributed by atoms with Crippen LogP contribution in [-0.4, -0.2) is 130 Å². The summed E-state index contributed by atoms with van der Waals surface area (Å²) in [6.07, 6.45) is 4.70. The van der Waals surface area contributed by atoms with Crippen LogP contribution in [0.5, 0.6) is 0 Å². The van der Waals surface area contributed by atoms with Crippen molar-refractivity contribution in [3.8, 4) is 0 Å². The zero-order chi connectivity index (χ0) is 57.5. The summed E-state index contributed by atoms with van der Waals surface area (Å²) >= 11 is 1.42. The Morgan fingerprint density at radius 2 is 1.29 bits per heavy atom. The van der Waals surface area contributed by atoms with Crippen LogP contribution in [0.3, 0.4) is 0 Å². The van der Waals surface area contributed by atoms with E-state index in [0.29, 0.717) is 5.56 Å². The van der Waals surface area contributed by atoms with Crippen LogP contribution in [0.4, 0.5) is 4.39 Å². The molecule has 2 heterocycles. The van der Waals surface area contributed by atoms with Gasteiger partial charge in [0.05, 0.1) is 24.2 Å². The lowest BCUT2D eigenvalue weighted by atomic mass is 9.85. The number of rotatable bonds is 19. The Kier molecular flexibility index (Phi) is 19.5. The number of thioether (sulfide) groups is 1. The topological polar surface area (TPSA) is 201 Å². The van der Waals surface area contributed by atoms with E-state index in [1.807, 2.05) is 83.3 Å². The van der Waals surface area contributed by atoms with E-state index in [1.54, 1.807) is 87.1 Å². The zero-order valence-corrected chi connectivity index (χ0v) is 48.4. The number of carbonyl (C=O) groups excluding carboxylic acids is 7. The maximum absolute atomic E-state index is 15.8. The van der Waals surface area contributed by atoms with Crippen LogP contribution in [-0.2, 0) is 54.7 Å². The van der Waals surface area contributed by atoms with Gasteiger partial charge in [0.15, 0.2) is 0 Å². The summed E-state index contributed by atoms with van der Waals surface area (Å²) in [6.45, 7) is 14.6. The number of hydrogen-bond donors (Lipinski definition) is 6. The van der Waals surface area contributed by atoms with Gasteiger partial charge >= 0.3 is 0 Å². The number of hydrogen-bond acceptors (Lipinski definition) is 10. The molecule has 0 bridgehead atoms. The summed E-state index contributed by atoms with van der Waals surface area (Å²) in [5.74, 6) is -3.30. The van der Waals surface area contributed by atoms with Crippen LogP contribution < -0.4 is 31.9 Å². The first-order chi connectivity index (χ1) is 37.5. The molecular formula is C61H80FN9O7S. The van der Waals surface area contributed by atoms with E-state index in [1.165, 1.54) is 28.3 Å². The maximum Gasteiger partial charge on any atom is 0.251 e. The summed E-state index contributed by atoms with van der Waals surface area (Å²) in [5, 5.41) is 18.1. The van der Waals surface area contributed by atoms with Crippen LogP contribution in [0.25, 0.3) is 0 Å². The van der Waals surface area contributed by atoms with Crippen molar-refractivity contribution in [2.75, 3.05) is 26.9 Å². The number of benzene rings is 4. The highest BCUT2D eigenvalue weighted by Gasteiger charge is 2.48. The smallest absolute Gasteiger partial charge is 0.251 e. The molecule has 7 rings (SSSR count). The molecule has 4 aromatic rings. The number of likely N-dealkylation sites (N-methyl/N-ethyl adjacent to an activating group) is 2. The molecule has 18 heteroatoms. The van der Waals surface area contributed by atoms with Gasteiger partial charge in [-0.05, 0) is 132 Å². The average molecular weight is 1100 g/mol. The number of likely N-dealkylation sites (tertiary alicyclic amines) is 1. The monoisotopic (exact) mass is 1100 g/mol. The van der Waals surface area contributed by atoms with Crippen LogP contribution in [0.1, 0.15) is 130 Å². The number of fused-ring (bicyclic) bond motifs is 2. The lowest BCUT2D eigenvalue weighted by Crippen LogP contribution is -2.63. The predicted molar refractivity (Wildman–Crippen MR) is 306 cm³/mol. The number of aryl methyl sites for hydroxylation is 1. The van der Waals surface area contributed by atoms with Gasteiger partial charge in [-0.25, -0.2) is 4.39 Å². The van der Waals surface area contributed by atoms with Crippen molar-refractivity contribution in [3.63, 3.8) is 0 Å². The fourth-order valence-corrected chi connectivity index (χ4v) is 11.2. The third-order valence-electron chi connectivity index (χ3n) is 16.2. The highest BCUT2D eigenvalue weighted by molar-refractivity contribution is 8.00. The van der Waals surface area contributed by atoms with Gasteiger partial charge in [0, 0.05) is 48.0 Å². The predicted octanol–water partition coefficient (Wildman–Crippen LogP) is 6.14. The number of halogens is 1. The molecule has 9 atom stereocenters. The summed E-state index contributed by atoms with van der Waals surface area (Å²) in [4.78, 5) is 105. The van der Waals surface area contributed by atoms with Crippen molar-refractivity contribution in [3.05, 3.63) is 142 Å². The summed E-state index contributed by atoms with van der Waals surface area (Å²) < 4.78 is 15.0. The molecular weight excluding hydrogens is 1020 g/mol. The van der Waals surface area contributed by atoms with Gasteiger partial charge in [-0.2, -0.15) is 11.8 Å². The first-order valence-corrected chi connectivity index (χ1v) is 28.7. The summed E-state index contributed by atoms with van der Waals surface area (Å²) in [6, 6.07) is 21.8. The Morgan fingerprint density at radius 3 is 1.91 bits per heavy atom. The van der Waals surface area contributed by atoms with E-state index < -0.39 is 87.9 Å². The van der Waals surface area contributed by atoms with Gasteiger partial charge in [0.2, 0.25) is 35.4 Å². The molecule has 0 saturated carbocycles. The second-order valence-corrected chi connectivity index (χ2v) is 24.4. The SMILES string of the molecule is CNC(C)C(=O)NC(C(=O)N1CC(NC(=O)c2ccc(CN(C(=O)C3Cc4ccccc4CN3C(=O)C(NC(=O)C(C)NC)C(C)(C)SC)C(C)c3ccccc3F)cc2)CC1C(=O)NC1CCCc2ccccc21)C(C)(C)C. The van der Waals surface area contributed by atoms with Crippen molar-refractivity contribution in [1.29, 1.82) is 0 Å². The third kappa shape index (κ3) is 13.9. The van der Waals surface area contributed by atoms with Crippen molar-refractivity contribution >= 4 is 53.1 Å². The number of amides is 7. The minimum atomic E-state index is -1.03. The van der Waals surface area contributed by atoms with Gasteiger partial charge in [-0.15, -0.1) is 0 Å². The van der Waals surface area contributed by atoms with Gasteiger partial charge in [-0.1, -0.05) is 99.6 Å². The number of carbonyl (C=O) groups is 7. The quantitative estimate of drug-likeness (QED) is 0.0635. The van der Waals surface area contributed by atoms with E-state index in [9.17, 15) is 24.0 Å². The third-order valence-corrected chi connectivity index (χ3v) is 17.5. The van der Waals surface area contributed by atoms with E-state index >= 15 is 14.0 Å². The van der Waals surface area contributed by atoms with Crippen molar-refractivity contribution in [1.82, 2.24) is 46.6 Å². The summed E-state index contributed by atoms with van der Waals surface area (Å²) in [7, 11) is 3.32. The Balaban J connectivity index is 1.15. The molecule has 2 aliphatic heterocycles. The lowest BCUT2D eigenvalue weighted by molar-refractivity contribution is -0.151. The molecule has 16 nitrogen and oxygen atoms in total. The van der Waals surface area contributed by atoms with Crippen molar-refractivity contribution in [2.24, 2.45) is 5.41 Å². The van der Waals surface area contributed by atoms with Crippen LogP contribution >= 0.6 is 11.8 Å². The Bertz CT molecular complexity index is 2880. The number of nitrogens with one attached hydrogen (secondary N) is 6. The molecule has 9 unspecified atom stereocenters. The first-order valence-electron chi connectivity index (χ1n) is 27.5. The normalized spacial score (nSPS) is 20.1. The molecule has 0 aromatic heterocycles. The number of nitrogens with zero attached hydrogens (tertiary/aromatic N) is 3. The molecule has 6 N–H and O–H groups in total. The van der Waals surface area contributed by atoms with Crippen LogP contribution in [0, 0.1) is 11.2 Å². The largest absolute Gasteiger partial charge is 0.347 e. The van der Waals surface area contributed by atoms with E-state index in [2.05, 4.69) is 38.0 Å². The second kappa shape index (κ2) is 25.7. The fraction of sp³-hybridized carbons (Fsp3) is 0.492. The molecule has 1 aliphatic carbocycles. The molecule has 4 aromatic carbocycles. The second-order valence-electron chi connectivity index (χ2n) is 23.0. The molecule has 79 heavy (non-hydrogen) atoms. The fourth-order valence-electron chi connectivity index (χ4n) is 10.8. The summed E-state index contributed by atoms with van der Waals surface area (Å²) in [5.41, 5.74) is 4.42. The van der Waals surface area contributed by atoms with E-state index in [0.717, 1.165) is 36.0 Å². The minimum absolute atomic E-state index is 0.0131. The van der Waals surface area contributed by atoms with Gasteiger partial charge in [-0.3, -0.25) is 33.6 Å². The molecule has 7 amide bonds. The molecule has 1 saturated heterocycles. The zero-order valence-electron chi connectivity index (χ0n) is 47.6. The molecule has 0 spiro atoms. The van der Waals surface area contributed by atoms with E-state index in [4.69, 9.17) is 0 Å². The highest BCUT2D eigenvalue weighted by Crippen LogP contribution is 2.35. The standard InChI is InChI=1S/C61H80FN9O7S/c1-36(63-9)53(72)67-51(60(4,5)6)58(77)71-35-44(32-49(71)56(75)66-48-26-18-22-40-19-14-15-24-46(40)48)65-55(74)41-29-27-39(28-30-41)33-69(38(3)45-23-16-17-25-47(45)62)57(76)50-31-42-20-12-13-21-43(42)34-70(50)59(78)52(61(7,8)79-11)68-54(73)37(2)64-10/h12-17,19-21,23-25,27-30,36-38,44,48-52,63-64H,18,22,26,31-35H2,1-11H3,(H,65,74)(H,66,75)(H,67,72)(H,68,73). The van der Waals surface area contributed by atoms with Crippen LogP contribution in [0.2, 0.25) is 0 Å². The van der Waals surface area contributed by atoms with Gasteiger partial charge in [0.25, 0.3) is 5.91 Å². The van der Waals surface area contributed by atoms with E-state index in [-0.39, 0.29) is 67.4 Å². The van der Waals surface area contributed by atoms with Gasteiger partial charge in [0.1, 0.15) is 30.0 Å². The molecule has 424 valence electrons.